The second-order valence-corrected chi connectivity index (χ2v) is 13.5. The number of hydrogen-bond donors (Lipinski definition) is 4. The molecule has 1 aliphatic heterocycles. The quantitative estimate of drug-likeness (QED) is 0.180. The van der Waals surface area contributed by atoms with Gasteiger partial charge >= 0.3 is 5.69 Å². The molecule has 3 aromatic carbocycles. The molecule has 3 aromatic rings. The van der Waals surface area contributed by atoms with Gasteiger partial charge in [-0.2, -0.15) is 0 Å². The third-order valence-corrected chi connectivity index (χ3v) is 9.65. The number of amides is 3. The summed E-state index contributed by atoms with van der Waals surface area (Å²) in [7, 11) is 0. The highest BCUT2D eigenvalue weighted by Crippen LogP contribution is 2.41. The lowest BCUT2D eigenvalue weighted by Crippen LogP contribution is -2.59. The SMILES string of the molecule is CC1(C)SCN(C(=O)[C@@H](O)[C@H](Cc2ccccc2)NC(=O)COc2ccccc2[N+](=O)[O-])[C@@H]1C(=O)N[C@H]1c2ccccc2C[C@H]1O. The van der Waals surface area contributed by atoms with Crippen molar-refractivity contribution in [3.63, 3.8) is 0 Å². The van der Waals surface area contributed by atoms with Crippen LogP contribution in [0.4, 0.5) is 5.69 Å². The number of para-hydroxylation sites is 2. The minimum absolute atomic E-state index is 0.0806. The highest BCUT2D eigenvalue weighted by molar-refractivity contribution is 8.00. The molecule has 46 heavy (non-hydrogen) atoms. The van der Waals surface area contributed by atoms with Gasteiger partial charge in [-0.25, -0.2) is 0 Å². The van der Waals surface area contributed by atoms with Crippen molar-refractivity contribution < 1.29 is 34.3 Å². The third-order valence-electron chi connectivity index (χ3n) is 8.28. The van der Waals surface area contributed by atoms with Crippen molar-refractivity contribution in [3.8, 4) is 5.75 Å². The van der Waals surface area contributed by atoms with Crippen molar-refractivity contribution in [2.75, 3.05) is 12.5 Å². The van der Waals surface area contributed by atoms with Crippen LogP contribution in [0.15, 0.2) is 78.9 Å². The Bertz CT molecular complexity index is 1600. The van der Waals surface area contributed by atoms with Crippen molar-refractivity contribution in [3.05, 3.63) is 106 Å². The molecule has 0 bridgehead atoms. The minimum Gasteiger partial charge on any atom is -0.477 e. The Hall–Kier alpha value is -4.46. The highest BCUT2D eigenvalue weighted by Gasteiger charge is 2.50. The monoisotopic (exact) mass is 648 g/mol. The number of carbonyl (C=O) groups excluding carboxylic acids is 3. The molecular weight excluding hydrogens is 612 g/mol. The summed E-state index contributed by atoms with van der Waals surface area (Å²) in [6.45, 7) is 3.08. The maximum absolute atomic E-state index is 13.9. The number of carbonyl (C=O) groups is 3. The van der Waals surface area contributed by atoms with Gasteiger partial charge in [-0.15, -0.1) is 11.8 Å². The summed E-state index contributed by atoms with van der Waals surface area (Å²) >= 11 is 1.38. The Labute approximate surface area is 270 Å². The first kappa shape index (κ1) is 32.9. The average molecular weight is 649 g/mol. The molecule has 12 nitrogen and oxygen atoms in total. The van der Waals surface area contributed by atoms with E-state index in [4.69, 9.17) is 4.74 Å². The van der Waals surface area contributed by atoms with Crippen LogP contribution in [0.2, 0.25) is 0 Å². The smallest absolute Gasteiger partial charge is 0.310 e. The zero-order chi connectivity index (χ0) is 33.0. The van der Waals surface area contributed by atoms with E-state index in [-0.39, 0.29) is 23.7 Å². The van der Waals surface area contributed by atoms with Crippen LogP contribution in [0, 0.1) is 10.1 Å². The van der Waals surface area contributed by atoms with E-state index in [1.807, 2.05) is 44.2 Å². The molecule has 13 heteroatoms. The van der Waals surface area contributed by atoms with E-state index < -0.39 is 64.3 Å². The van der Waals surface area contributed by atoms with Crippen molar-refractivity contribution in [1.82, 2.24) is 15.5 Å². The van der Waals surface area contributed by atoms with Gasteiger partial charge < -0.3 is 30.5 Å². The second-order valence-electron chi connectivity index (χ2n) is 11.9. The molecule has 0 spiro atoms. The largest absolute Gasteiger partial charge is 0.477 e. The molecule has 1 heterocycles. The maximum Gasteiger partial charge on any atom is 0.310 e. The predicted molar refractivity (Wildman–Crippen MR) is 171 cm³/mol. The fraction of sp³-hybridized carbons (Fsp3) is 0.364. The Morgan fingerprint density at radius 3 is 2.48 bits per heavy atom. The highest BCUT2D eigenvalue weighted by atomic mass is 32.2. The van der Waals surface area contributed by atoms with Gasteiger partial charge in [-0.3, -0.25) is 24.5 Å². The fourth-order valence-corrected chi connectivity index (χ4v) is 7.11. The molecule has 5 atom stereocenters. The van der Waals surface area contributed by atoms with Crippen molar-refractivity contribution in [2.24, 2.45) is 0 Å². The summed E-state index contributed by atoms with van der Waals surface area (Å²) in [6.07, 6.45) is -2.08. The number of nitrogens with one attached hydrogen (secondary N) is 2. The Balaban J connectivity index is 1.32. The number of thioether (sulfide) groups is 1. The second kappa shape index (κ2) is 13.9. The summed E-state index contributed by atoms with van der Waals surface area (Å²) in [5, 5.41) is 39.1. The summed E-state index contributed by atoms with van der Waals surface area (Å²) < 4.78 is 4.69. The molecule has 4 N–H and O–H groups in total. The van der Waals surface area contributed by atoms with E-state index in [0.29, 0.717) is 6.42 Å². The van der Waals surface area contributed by atoms with E-state index in [2.05, 4.69) is 10.6 Å². The Morgan fingerprint density at radius 2 is 1.74 bits per heavy atom. The van der Waals surface area contributed by atoms with E-state index in [9.17, 15) is 34.7 Å². The molecule has 0 unspecified atom stereocenters. The van der Waals surface area contributed by atoms with E-state index in [1.165, 1.54) is 40.9 Å². The first-order valence-electron chi connectivity index (χ1n) is 14.8. The number of nitro groups is 1. The Morgan fingerprint density at radius 1 is 1.07 bits per heavy atom. The minimum atomic E-state index is -1.74. The van der Waals surface area contributed by atoms with Crippen LogP contribution in [0.25, 0.3) is 0 Å². The number of aliphatic hydroxyl groups excluding tert-OH is 2. The molecule has 1 saturated heterocycles. The zero-order valence-electron chi connectivity index (χ0n) is 25.4. The van der Waals surface area contributed by atoms with Crippen molar-refractivity contribution in [2.45, 2.75) is 61.8 Å². The molecule has 0 aromatic heterocycles. The molecule has 0 radical (unpaired) electrons. The molecule has 3 amide bonds. The number of aliphatic hydroxyl groups is 2. The number of rotatable bonds is 11. The maximum atomic E-state index is 13.9. The van der Waals surface area contributed by atoms with E-state index >= 15 is 0 Å². The summed E-state index contributed by atoms with van der Waals surface area (Å²) in [4.78, 5) is 52.8. The van der Waals surface area contributed by atoms with Crippen LogP contribution in [-0.4, -0.2) is 79.3 Å². The lowest BCUT2D eigenvalue weighted by molar-refractivity contribution is -0.385. The number of benzene rings is 3. The van der Waals surface area contributed by atoms with Gasteiger partial charge in [0.25, 0.3) is 11.8 Å². The van der Waals surface area contributed by atoms with Gasteiger partial charge in [-0.1, -0.05) is 66.7 Å². The van der Waals surface area contributed by atoms with Gasteiger partial charge in [-0.05, 0) is 43.0 Å². The lowest BCUT2D eigenvalue weighted by Gasteiger charge is -2.34. The number of ether oxygens (including phenoxy) is 1. The van der Waals surface area contributed by atoms with Gasteiger partial charge in [0.1, 0.15) is 6.04 Å². The van der Waals surface area contributed by atoms with Crippen LogP contribution in [-0.2, 0) is 27.2 Å². The van der Waals surface area contributed by atoms with Gasteiger partial charge in [0, 0.05) is 17.2 Å². The van der Waals surface area contributed by atoms with Gasteiger partial charge in [0.05, 0.1) is 29.0 Å². The van der Waals surface area contributed by atoms with Crippen molar-refractivity contribution in [1.29, 1.82) is 0 Å². The first-order chi connectivity index (χ1) is 22.0. The molecular formula is C33H36N4O8S. The van der Waals surface area contributed by atoms with E-state index in [1.54, 1.807) is 24.3 Å². The standard InChI is InChI=1S/C33H36N4O8S/c1-33(2)30(31(41)35-28-22-13-7-6-12-21(22)17-25(28)38)36(19-46-33)32(42)29(40)23(16-20-10-4-3-5-11-20)34-27(39)18-45-26-15-9-8-14-24(26)37(43)44/h3-15,23,25,28-30,38,40H,16-19H2,1-2H3,(H,34,39)(H,35,41)/t23-,25+,28-,29-,30+/m0/s1. The summed E-state index contributed by atoms with van der Waals surface area (Å²) in [5.74, 6) is -1.88. The normalized spacial score (nSPS) is 21.1. The molecule has 2 aliphatic rings. The number of fused-ring (bicyclic) bond motifs is 1. The fourth-order valence-electron chi connectivity index (χ4n) is 5.97. The average Bonchev–Trinajstić information content (AvgIpc) is 3.53. The number of nitrogens with zero attached hydrogens (tertiary/aromatic N) is 2. The summed E-state index contributed by atoms with van der Waals surface area (Å²) in [5.41, 5.74) is 2.18. The molecule has 1 fully saturated rings. The van der Waals surface area contributed by atoms with Crippen molar-refractivity contribution >= 4 is 35.2 Å². The summed E-state index contributed by atoms with van der Waals surface area (Å²) in [6, 6.07) is 19.3. The molecule has 0 saturated carbocycles. The van der Waals surface area contributed by atoms with Crippen LogP contribution in [0.3, 0.4) is 0 Å². The molecule has 242 valence electrons. The van der Waals surface area contributed by atoms with Crippen LogP contribution < -0.4 is 15.4 Å². The first-order valence-corrected chi connectivity index (χ1v) is 15.8. The topological polar surface area (TPSA) is 171 Å². The van der Waals surface area contributed by atoms with Crippen LogP contribution in [0.1, 0.15) is 36.6 Å². The zero-order valence-corrected chi connectivity index (χ0v) is 26.2. The van der Waals surface area contributed by atoms with E-state index in [0.717, 1.165) is 16.7 Å². The van der Waals surface area contributed by atoms with Gasteiger partial charge in [0.15, 0.2) is 18.5 Å². The molecule has 1 aliphatic carbocycles. The Kier molecular flexibility index (Phi) is 9.94. The van der Waals surface area contributed by atoms with Crippen LogP contribution >= 0.6 is 11.8 Å². The predicted octanol–water partition coefficient (Wildman–Crippen LogP) is 2.52. The lowest BCUT2D eigenvalue weighted by atomic mass is 9.96. The number of nitro benzene ring substituents is 1. The van der Waals surface area contributed by atoms with Crippen LogP contribution in [0.5, 0.6) is 5.75 Å². The third kappa shape index (κ3) is 7.16. The van der Waals surface area contributed by atoms with Gasteiger partial charge in [0.2, 0.25) is 5.91 Å². The number of hydrogen-bond acceptors (Lipinski definition) is 9. The molecule has 5 rings (SSSR count).